The predicted octanol–water partition coefficient (Wildman–Crippen LogP) is 5.22. The highest BCUT2D eigenvalue weighted by Gasteiger charge is 2.38. The van der Waals surface area contributed by atoms with Crippen LogP contribution in [-0.4, -0.2) is 32.9 Å². The van der Waals surface area contributed by atoms with E-state index < -0.39 is 5.92 Å². The van der Waals surface area contributed by atoms with E-state index >= 15 is 0 Å². The highest BCUT2D eigenvalue weighted by molar-refractivity contribution is 6.03. The first-order chi connectivity index (χ1) is 17.3. The Hall–Kier alpha value is -4.07. The molecule has 1 amide bonds. The Morgan fingerprint density at radius 2 is 2.03 bits per heavy atom. The van der Waals surface area contributed by atoms with Crippen molar-refractivity contribution in [2.75, 3.05) is 5.32 Å². The number of carbonyl (C=O) groups excluding carboxylic acids is 2. The quantitative estimate of drug-likeness (QED) is 0.460. The third-order valence-electron chi connectivity index (χ3n) is 6.45. The number of carbonyl (C=O) groups is 2. The van der Waals surface area contributed by atoms with E-state index in [0.29, 0.717) is 29.1 Å². The van der Waals surface area contributed by atoms with Gasteiger partial charge in [0.2, 0.25) is 0 Å². The van der Waals surface area contributed by atoms with Gasteiger partial charge in [-0.3, -0.25) is 19.7 Å². The van der Waals surface area contributed by atoms with Crippen molar-refractivity contribution < 1.29 is 14.0 Å². The molecule has 184 valence electrons. The van der Waals surface area contributed by atoms with Crippen LogP contribution in [0.15, 0.2) is 59.9 Å². The number of pyridine rings is 1. The van der Waals surface area contributed by atoms with Crippen molar-refractivity contribution in [1.82, 2.24) is 20.5 Å². The van der Waals surface area contributed by atoms with Crippen LogP contribution in [0.25, 0.3) is 17.2 Å². The monoisotopic (exact) mass is 485 g/mol. The summed E-state index contributed by atoms with van der Waals surface area (Å²) in [7, 11) is 0. The molecule has 3 heterocycles. The maximum Gasteiger partial charge on any atom is 0.272 e. The first-order valence-electron chi connectivity index (χ1n) is 12.1. The smallest absolute Gasteiger partial charge is 0.272 e. The molecule has 7 nitrogen and oxygen atoms in total. The van der Waals surface area contributed by atoms with Gasteiger partial charge in [0.1, 0.15) is 11.6 Å². The lowest BCUT2D eigenvalue weighted by Crippen LogP contribution is -2.33. The van der Waals surface area contributed by atoms with E-state index in [4.69, 9.17) is 0 Å². The molecule has 5 rings (SSSR count). The van der Waals surface area contributed by atoms with Gasteiger partial charge in [0, 0.05) is 47.0 Å². The van der Waals surface area contributed by atoms with Crippen LogP contribution in [-0.2, 0) is 4.79 Å². The third-order valence-corrected chi connectivity index (χ3v) is 6.45. The lowest BCUT2D eigenvalue weighted by atomic mass is 9.76. The minimum absolute atomic E-state index is 0.0527. The summed E-state index contributed by atoms with van der Waals surface area (Å²) < 4.78 is 13.6. The second-order valence-electron chi connectivity index (χ2n) is 9.76. The van der Waals surface area contributed by atoms with Crippen molar-refractivity contribution >= 4 is 23.6 Å². The number of halogens is 1. The summed E-state index contributed by atoms with van der Waals surface area (Å²) >= 11 is 0. The van der Waals surface area contributed by atoms with Gasteiger partial charge in [0.25, 0.3) is 5.91 Å². The first-order valence-corrected chi connectivity index (χ1v) is 12.1. The number of amides is 1. The van der Waals surface area contributed by atoms with E-state index in [-0.39, 0.29) is 35.2 Å². The molecule has 0 fully saturated rings. The molecule has 36 heavy (non-hydrogen) atoms. The van der Waals surface area contributed by atoms with Gasteiger partial charge in [-0.1, -0.05) is 31.2 Å². The number of ketones is 1. The molecule has 0 spiro atoms. The van der Waals surface area contributed by atoms with Gasteiger partial charge >= 0.3 is 0 Å². The highest BCUT2D eigenvalue weighted by Crippen LogP contribution is 2.44. The number of benzene rings is 1. The highest BCUT2D eigenvalue weighted by atomic mass is 19.1. The van der Waals surface area contributed by atoms with Crippen LogP contribution in [0.3, 0.4) is 0 Å². The number of rotatable bonds is 5. The van der Waals surface area contributed by atoms with E-state index in [1.807, 2.05) is 44.2 Å². The SMILES string of the molecule is CC1CC(=O)C2=C(C1)Nc1[nH]nc(C(=O)NC(C)C)c1C2/C=C/c1ccc(-c2cccc(F)c2)cn1. The molecule has 1 aliphatic carbocycles. The summed E-state index contributed by atoms with van der Waals surface area (Å²) in [5.41, 5.74) is 4.71. The molecule has 2 aromatic heterocycles. The summed E-state index contributed by atoms with van der Waals surface area (Å²) in [6, 6.07) is 10.0. The Morgan fingerprint density at radius 1 is 1.19 bits per heavy atom. The van der Waals surface area contributed by atoms with E-state index in [0.717, 1.165) is 23.2 Å². The predicted molar refractivity (Wildman–Crippen MR) is 137 cm³/mol. The number of nitrogens with zero attached hydrogens (tertiary/aromatic N) is 2. The van der Waals surface area contributed by atoms with Crippen molar-refractivity contribution in [3.63, 3.8) is 0 Å². The molecule has 3 aromatic rings. The minimum atomic E-state index is -0.437. The molecule has 3 N–H and O–H groups in total. The third kappa shape index (κ3) is 4.58. The Bertz CT molecular complexity index is 1390. The summed E-state index contributed by atoms with van der Waals surface area (Å²) in [5, 5.41) is 13.5. The number of H-pyrrole nitrogens is 1. The van der Waals surface area contributed by atoms with Gasteiger partial charge in [-0.05, 0) is 56.0 Å². The zero-order valence-electron chi connectivity index (χ0n) is 20.4. The number of anilines is 1. The van der Waals surface area contributed by atoms with Gasteiger partial charge in [-0.25, -0.2) is 4.39 Å². The number of aromatic amines is 1. The molecule has 0 radical (unpaired) electrons. The maximum absolute atomic E-state index is 13.6. The molecule has 2 aliphatic rings. The van der Waals surface area contributed by atoms with Crippen LogP contribution in [0, 0.1) is 11.7 Å². The summed E-state index contributed by atoms with van der Waals surface area (Å²) in [4.78, 5) is 30.6. The van der Waals surface area contributed by atoms with Crippen LogP contribution >= 0.6 is 0 Å². The molecule has 8 heteroatoms. The lowest BCUT2D eigenvalue weighted by Gasteiger charge is -2.32. The molecule has 0 saturated carbocycles. The summed E-state index contributed by atoms with van der Waals surface area (Å²) in [5.74, 6) is -0.0886. The molecule has 0 bridgehead atoms. The molecule has 1 aliphatic heterocycles. The first kappa shape index (κ1) is 23.7. The number of fused-ring (bicyclic) bond motifs is 1. The van der Waals surface area contributed by atoms with Crippen molar-refractivity contribution in [2.45, 2.75) is 45.6 Å². The average Bonchev–Trinajstić information content (AvgIpc) is 3.25. The topological polar surface area (TPSA) is 99.8 Å². The molecular weight excluding hydrogens is 457 g/mol. The fraction of sp³-hybridized carbons (Fsp3) is 0.286. The number of aromatic nitrogens is 3. The Balaban J connectivity index is 1.51. The van der Waals surface area contributed by atoms with Crippen molar-refractivity contribution in [1.29, 1.82) is 0 Å². The van der Waals surface area contributed by atoms with Crippen LogP contribution in [0.5, 0.6) is 0 Å². The number of nitrogens with one attached hydrogen (secondary N) is 3. The number of Topliss-reactive ketones (excluding diaryl/α,β-unsaturated/α-hetero) is 1. The van der Waals surface area contributed by atoms with Gasteiger partial charge < -0.3 is 10.6 Å². The second kappa shape index (κ2) is 9.53. The zero-order valence-corrected chi connectivity index (χ0v) is 20.4. The zero-order chi connectivity index (χ0) is 25.4. The van der Waals surface area contributed by atoms with Crippen molar-refractivity contribution in [3.8, 4) is 11.1 Å². The van der Waals surface area contributed by atoms with Crippen LogP contribution in [0.4, 0.5) is 10.2 Å². The van der Waals surface area contributed by atoms with Gasteiger partial charge in [0.15, 0.2) is 11.5 Å². The fourth-order valence-electron chi connectivity index (χ4n) is 4.88. The number of hydrogen-bond acceptors (Lipinski definition) is 5. The normalized spacial score (nSPS) is 19.3. The van der Waals surface area contributed by atoms with E-state index in [9.17, 15) is 14.0 Å². The van der Waals surface area contributed by atoms with Crippen LogP contribution < -0.4 is 10.6 Å². The van der Waals surface area contributed by atoms with E-state index in [1.165, 1.54) is 12.1 Å². The Morgan fingerprint density at radius 3 is 2.75 bits per heavy atom. The summed E-state index contributed by atoms with van der Waals surface area (Å²) in [6.45, 7) is 5.83. The van der Waals surface area contributed by atoms with Crippen molar-refractivity contribution in [2.24, 2.45) is 5.92 Å². The second-order valence-corrected chi connectivity index (χ2v) is 9.76. The largest absolute Gasteiger partial charge is 0.348 e. The Labute approximate surface area is 208 Å². The van der Waals surface area contributed by atoms with Gasteiger partial charge in [-0.15, -0.1) is 0 Å². The average molecular weight is 486 g/mol. The lowest BCUT2D eigenvalue weighted by molar-refractivity contribution is -0.117. The molecule has 2 unspecified atom stereocenters. The number of allylic oxidation sites excluding steroid dienone is 3. The van der Waals surface area contributed by atoms with Crippen molar-refractivity contribution in [3.05, 3.63) is 82.7 Å². The van der Waals surface area contributed by atoms with E-state index in [2.05, 4.69) is 32.7 Å². The fourth-order valence-corrected chi connectivity index (χ4v) is 4.88. The minimum Gasteiger partial charge on any atom is -0.348 e. The maximum atomic E-state index is 13.6. The number of hydrogen-bond donors (Lipinski definition) is 3. The molecular formula is C28H28FN5O2. The molecule has 1 aromatic carbocycles. The van der Waals surface area contributed by atoms with Gasteiger partial charge in [0.05, 0.1) is 5.69 Å². The van der Waals surface area contributed by atoms with Crippen LogP contribution in [0.2, 0.25) is 0 Å². The molecule has 0 saturated heterocycles. The van der Waals surface area contributed by atoms with Gasteiger partial charge in [-0.2, -0.15) is 5.10 Å². The van der Waals surface area contributed by atoms with Crippen LogP contribution in [0.1, 0.15) is 61.3 Å². The van der Waals surface area contributed by atoms with E-state index in [1.54, 1.807) is 12.3 Å². The molecule has 2 atom stereocenters. The Kier molecular flexibility index (Phi) is 6.26. The summed E-state index contributed by atoms with van der Waals surface area (Å²) in [6.07, 6.45) is 6.67. The standard InChI is InChI=1S/C28H28FN5O2/c1-15(2)31-28(36)26-25-21(24-22(32-27(25)34-33-26)11-16(3)12-23(24)35)10-9-20-8-7-18(14-30-20)17-5-4-6-19(29)13-17/h4-10,13-16,21H,11-12H2,1-3H3,(H,31,36)(H2,32,33,34)/b10-9+.